The Kier molecular flexibility index (Phi) is 4.91. The summed E-state index contributed by atoms with van der Waals surface area (Å²) in [7, 11) is 0. The van der Waals surface area contributed by atoms with E-state index in [0.29, 0.717) is 12.1 Å². The Bertz CT molecular complexity index is 614. The van der Waals surface area contributed by atoms with Crippen molar-refractivity contribution in [1.29, 1.82) is 5.26 Å². The van der Waals surface area contributed by atoms with E-state index < -0.39 is 0 Å². The maximum Gasteiger partial charge on any atom is 0.251 e. The largest absolute Gasteiger partial charge is 0.352 e. The molecule has 0 aliphatic rings. The number of hydrogen-bond acceptors (Lipinski definition) is 2. The molecule has 0 heterocycles. The zero-order valence-electron chi connectivity index (χ0n) is 11.2. The maximum absolute atomic E-state index is 12.1. The van der Waals surface area contributed by atoms with Crippen LogP contribution in [0.5, 0.6) is 0 Å². The molecule has 0 fully saturated rings. The van der Waals surface area contributed by atoms with E-state index in [1.807, 2.05) is 48.5 Å². The van der Waals surface area contributed by atoms with Crippen LogP contribution in [0.1, 0.15) is 21.5 Å². The molecule has 0 saturated heterocycles. The van der Waals surface area contributed by atoms with E-state index in [-0.39, 0.29) is 12.3 Å². The predicted molar refractivity (Wildman–Crippen MR) is 78.2 cm³/mol. The van der Waals surface area contributed by atoms with Crippen molar-refractivity contribution >= 4 is 5.91 Å². The summed E-state index contributed by atoms with van der Waals surface area (Å²) in [5, 5.41) is 11.7. The van der Waals surface area contributed by atoms with Crippen molar-refractivity contribution in [3.63, 3.8) is 0 Å². The van der Waals surface area contributed by atoms with Gasteiger partial charge in [-0.1, -0.05) is 48.5 Å². The topological polar surface area (TPSA) is 52.9 Å². The number of carbonyl (C=O) groups is 1. The van der Waals surface area contributed by atoms with Crippen molar-refractivity contribution in [1.82, 2.24) is 5.32 Å². The summed E-state index contributed by atoms with van der Waals surface area (Å²) in [5.41, 5.74) is 2.55. The van der Waals surface area contributed by atoms with Gasteiger partial charge in [0.2, 0.25) is 0 Å². The van der Waals surface area contributed by atoms with Crippen LogP contribution in [0.3, 0.4) is 0 Å². The minimum atomic E-state index is -0.119. The lowest BCUT2D eigenvalue weighted by Crippen LogP contribution is -2.26. The van der Waals surface area contributed by atoms with Crippen LogP contribution in [-0.4, -0.2) is 12.5 Å². The van der Waals surface area contributed by atoms with Gasteiger partial charge in [-0.3, -0.25) is 4.79 Å². The Morgan fingerprint density at radius 1 is 1.05 bits per heavy atom. The first-order chi connectivity index (χ1) is 9.81. The number of nitriles is 1. The van der Waals surface area contributed by atoms with Gasteiger partial charge in [-0.15, -0.1) is 0 Å². The van der Waals surface area contributed by atoms with E-state index in [9.17, 15) is 4.79 Å². The van der Waals surface area contributed by atoms with Crippen molar-refractivity contribution < 1.29 is 4.79 Å². The first-order valence-electron chi connectivity index (χ1n) is 6.58. The van der Waals surface area contributed by atoms with Crippen LogP contribution in [0, 0.1) is 11.3 Å². The van der Waals surface area contributed by atoms with Crippen LogP contribution in [0.2, 0.25) is 0 Å². The highest BCUT2D eigenvalue weighted by Gasteiger charge is 2.09. The molecule has 0 unspecified atom stereocenters. The molecule has 100 valence electrons. The smallest absolute Gasteiger partial charge is 0.251 e. The van der Waals surface area contributed by atoms with Gasteiger partial charge in [0.15, 0.2) is 0 Å². The molecule has 0 radical (unpaired) electrons. The molecule has 3 heteroatoms. The highest BCUT2D eigenvalue weighted by atomic mass is 16.1. The molecular weight excluding hydrogens is 248 g/mol. The normalized spacial score (nSPS) is 9.75. The van der Waals surface area contributed by atoms with Crippen LogP contribution in [0.25, 0.3) is 0 Å². The maximum atomic E-state index is 12.1. The van der Waals surface area contributed by atoms with E-state index >= 15 is 0 Å². The van der Waals surface area contributed by atoms with Crippen molar-refractivity contribution in [3.8, 4) is 6.07 Å². The van der Waals surface area contributed by atoms with Crippen LogP contribution >= 0.6 is 0 Å². The van der Waals surface area contributed by atoms with E-state index in [1.165, 1.54) is 5.56 Å². The van der Waals surface area contributed by atoms with Crippen molar-refractivity contribution in [3.05, 3.63) is 71.3 Å². The van der Waals surface area contributed by atoms with Crippen LogP contribution in [0.4, 0.5) is 0 Å². The molecule has 1 N–H and O–H groups in total. The minimum absolute atomic E-state index is 0.119. The summed E-state index contributed by atoms with van der Waals surface area (Å²) in [4.78, 5) is 12.1. The molecule has 0 atom stereocenters. The zero-order chi connectivity index (χ0) is 14.2. The fourth-order valence-electron chi connectivity index (χ4n) is 2.04. The van der Waals surface area contributed by atoms with Gasteiger partial charge >= 0.3 is 0 Å². The Morgan fingerprint density at radius 2 is 1.75 bits per heavy atom. The lowest BCUT2D eigenvalue weighted by atomic mass is 10.0. The number of hydrogen-bond donors (Lipinski definition) is 1. The molecule has 2 aromatic rings. The van der Waals surface area contributed by atoms with Gasteiger partial charge in [0.1, 0.15) is 0 Å². The summed E-state index contributed by atoms with van der Waals surface area (Å²) in [6.07, 6.45) is 1.05. The third kappa shape index (κ3) is 3.69. The standard InChI is InChI=1S/C17H16N2O/c18-12-10-15-8-4-5-9-16(15)17(20)19-13-11-14-6-2-1-3-7-14/h1-9H,10-11,13H2,(H,19,20). The van der Waals surface area contributed by atoms with E-state index in [2.05, 4.69) is 11.4 Å². The average Bonchev–Trinajstić information content (AvgIpc) is 2.49. The second kappa shape index (κ2) is 7.10. The number of benzene rings is 2. The molecule has 20 heavy (non-hydrogen) atoms. The summed E-state index contributed by atoms with van der Waals surface area (Å²) >= 11 is 0. The molecule has 0 aliphatic carbocycles. The summed E-state index contributed by atoms with van der Waals surface area (Å²) in [6, 6.07) is 19.3. The SMILES string of the molecule is N#CCc1ccccc1C(=O)NCCc1ccccc1. The Morgan fingerprint density at radius 3 is 2.50 bits per heavy atom. The number of nitrogens with zero attached hydrogens (tertiary/aromatic N) is 1. The number of rotatable bonds is 5. The number of nitrogens with one attached hydrogen (secondary N) is 1. The molecule has 0 aromatic heterocycles. The van der Waals surface area contributed by atoms with Gasteiger partial charge in [0.25, 0.3) is 5.91 Å². The van der Waals surface area contributed by atoms with Gasteiger partial charge in [-0.25, -0.2) is 0 Å². The molecule has 2 rings (SSSR count). The predicted octanol–water partition coefficient (Wildman–Crippen LogP) is 2.73. The molecule has 0 spiro atoms. The summed E-state index contributed by atoms with van der Waals surface area (Å²) < 4.78 is 0. The van der Waals surface area contributed by atoms with E-state index in [0.717, 1.165) is 12.0 Å². The Hall–Kier alpha value is -2.60. The van der Waals surface area contributed by atoms with Crippen LogP contribution in [0.15, 0.2) is 54.6 Å². The fraction of sp³-hybridized carbons (Fsp3) is 0.176. The molecule has 0 aliphatic heterocycles. The van der Waals surface area contributed by atoms with Crippen molar-refractivity contribution in [2.75, 3.05) is 6.54 Å². The molecular formula is C17H16N2O. The first kappa shape index (κ1) is 13.8. The molecule has 0 saturated carbocycles. The molecule has 2 aromatic carbocycles. The highest BCUT2D eigenvalue weighted by molar-refractivity contribution is 5.95. The monoisotopic (exact) mass is 264 g/mol. The molecule has 1 amide bonds. The summed E-state index contributed by atoms with van der Waals surface area (Å²) in [6.45, 7) is 0.587. The van der Waals surface area contributed by atoms with Gasteiger partial charge in [0.05, 0.1) is 12.5 Å². The lowest BCUT2D eigenvalue weighted by Gasteiger charge is -2.08. The van der Waals surface area contributed by atoms with Crippen molar-refractivity contribution in [2.24, 2.45) is 0 Å². The van der Waals surface area contributed by atoms with Crippen LogP contribution in [-0.2, 0) is 12.8 Å². The first-order valence-corrected chi connectivity index (χ1v) is 6.58. The third-order valence-corrected chi connectivity index (χ3v) is 3.07. The number of carbonyl (C=O) groups excluding carboxylic acids is 1. The molecule has 0 bridgehead atoms. The second-order valence-electron chi connectivity index (χ2n) is 4.48. The minimum Gasteiger partial charge on any atom is -0.352 e. The zero-order valence-corrected chi connectivity index (χ0v) is 11.2. The van der Waals surface area contributed by atoms with Gasteiger partial charge in [-0.2, -0.15) is 5.26 Å². The van der Waals surface area contributed by atoms with E-state index in [4.69, 9.17) is 5.26 Å². The number of amides is 1. The van der Waals surface area contributed by atoms with Crippen LogP contribution < -0.4 is 5.32 Å². The Labute approximate surface area is 118 Å². The average molecular weight is 264 g/mol. The molecule has 3 nitrogen and oxygen atoms in total. The lowest BCUT2D eigenvalue weighted by molar-refractivity contribution is 0.0953. The quantitative estimate of drug-likeness (QED) is 0.902. The third-order valence-electron chi connectivity index (χ3n) is 3.07. The van der Waals surface area contributed by atoms with Crippen molar-refractivity contribution in [2.45, 2.75) is 12.8 Å². The highest BCUT2D eigenvalue weighted by Crippen LogP contribution is 2.09. The fourth-order valence-corrected chi connectivity index (χ4v) is 2.04. The van der Waals surface area contributed by atoms with Gasteiger partial charge in [-0.05, 0) is 23.6 Å². The summed E-state index contributed by atoms with van der Waals surface area (Å²) in [5.74, 6) is -0.119. The van der Waals surface area contributed by atoms with Gasteiger partial charge < -0.3 is 5.32 Å². The second-order valence-corrected chi connectivity index (χ2v) is 4.48. The Balaban J connectivity index is 1.94. The van der Waals surface area contributed by atoms with E-state index in [1.54, 1.807) is 6.07 Å². The van der Waals surface area contributed by atoms with Gasteiger partial charge in [0, 0.05) is 12.1 Å².